The first kappa shape index (κ1) is 11.2. The van der Waals surface area contributed by atoms with Crippen molar-refractivity contribution >= 4 is 0 Å². The monoisotopic (exact) mass is 231 g/mol. The van der Waals surface area contributed by atoms with Gasteiger partial charge in [-0.3, -0.25) is 0 Å². The molecule has 2 nitrogen and oxygen atoms in total. The molecule has 17 heavy (non-hydrogen) atoms. The van der Waals surface area contributed by atoms with Gasteiger partial charge in [-0.15, -0.1) is 0 Å². The van der Waals surface area contributed by atoms with Crippen LogP contribution in [0.3, 0.4) is 0 Å². The van der Waals surface area contributed by atoms with Crippen LogP contribution in [0.25, 0.3) is 0 Å². The van der Waals surface area contributed by atoms with E-state index in [1.807, 2.05) is 0 Å². The molecule has 1 heterocycles. The summed E-state index contributed by atoms with van der Waals surface area (Å²) < 4.78 is 5.68. The number of hydrogen-bond donors (Lipinski definition) is 1. The molecule has 0 radical (unpaired) electrons. The third-order valence-corrected chi connectivity index (χ3v) is 4.08. The molecule has 1 aromatic carbocycles. The van der Waals surface area contributed by atoms with Crippen LogP contribution in [0.2, 0.25) is 0 Å². The van der Waals surface area contributed by atoms with Crippen LogP contribution in [0.1, 0.15) is 49.3 Å². The number of ether oxygens (including phenoxy) is 1. The van der Waals surface area contributed by atoms with Crippen LogP contribution in [-0.4, -0.2) is 12.1 Å². The van der Waals surface area contributed by atoms with E-state index in [0.717, 1.165) is 19.4 Å². The van der Waals surface area contributed by atoms with Crippen molar-refractivity contribution in [2.45, 2.75) is 50.2 Å². The molecule has 0 amide bonds. The molecule has 1 unspecified atom stereocenters. The Morgan fingerprint density at radius 2 is 2.00 bits per heavy atom. The molecular formula is C15H21NO. The lowest BCUT2D eigenvalue weighted by Gasteiger charge is -2.11. The van der Waals surface area contributed by atoms with E-state index in [2.05, 4.69) is 24.3 Å². The second kappa shape index (κ2) is 4.43. The van der Waals surface area contributed by atoms with Crippen molar-refractivity contribution < 1.29 is 4.74 Å². The molecule has 2 aliphatic rings. The topological polar surface area (TPSA) is 35.2 Å². The molecule has 92 valence electrons. The average molecular weight is 231 g/mol. The summed E-state index contributed by atoms with van der Waals surface area (Å²) in [6.07, 6.45) is 7.37. The summed E-state index contributed by atoms with van der Waals surface area (Å²) in [5.41, 5.74) is 9.02. The van der Waals surface area contributed by atoms with E-state index < -0.39 is 0 Å². The lowest BCUT2D eigenvalue weighted by Crippen LogP contribution is -2.22. The van der Waals surface area contributed by atoms with Crippen molar-refractivity contribution in [1.29, 1.82) is 0 Å². The Balaban J connectivity index is 1.59. The van der Waals surface area contributed by atoms with Crippen molar-refractivity contribution in [3.8, 4) is 0 Å². The van der Waals surface area contributed by atoms with Crippen LogP contribution in [0, 0.1) is 0 Å². The van der Waals surface area contributed by atoms with Gasteiger partial charge in [0.2, 0.25) is 0 Å². The summed E-state index contributed by atoms with van der Waals surface area (Å²) in [7, 11) is 0. The van der Waals surface area contributed by atoms with Crippen molar-refractivity contribution in [3.63, 3.8) is 0 Å². The van der Waals surface area contributed by atoms with Crippen LogP contribution >= 0.6 is 0 Å². The van der Waals surface area contributed by atoms with Gasteiger partial charge in [0, 0.05) is 12.1 Å². The van der Waals surface area contributed by atoms with Gasteiger partial charge in [0.15, 0.2) is 0 Å². The molecule has 1 saturated heterocycles. The highest BCUT2D eigenvalue weighted by atomic mass is 16.5. The second-order valence-corrected chi connectivity index (χ2v) is 5.61. The van der Waals surface area contributed by atoms with Gasteiger partial charge in [-0.1, -0.05) is 24.3 Å². The maximum Gasteiger partial charge on any atom is 0.0825 e. The minimum Gasteiger partial charge on any atom is -0.374 e. The predicted octanol–water partition coefficient (Wildman–Crippen LogP) is 2.96. The van der Waals surface area contributed by atoms with Crippen LogP contribution < -0.4 is 5.73 Å². The van der Waals surface area contributed by atoms with Gasteiger partial charge in [0.05, 0.1) is 6.10 Å². The Morgan fingerprint density at radius 3 is 2.59 bits per heavy atom. The number of nitrogens with two attached hydrogens (primary N) is 1. The highest BCUT2D eigenvalue weighted by Gasteiger charge is 2.37. The van der Waals surface area contributed by atoms with Crippen molar-refractivity contribution in [1.82, 2.24) is 0 Å². The molecule has 2 N–H and O–H groups in total. The second-order valence-electron chi connectivity index (χ2n) is 5.61. The summed E-state index contributed by atoms with van der Waals surface area (Å²) in [5, 5.41) is 0. The fourth-order valence-corrected chi connectivity index (χ4v) is 2.54. The fraction of sp³-hybridized carbons (Fsp3) is 0.600. The summed E-state index contributed by atoms with van der Waals surface area (Å²) in [6.45, 7) is 0.919. The number of hydrogen-bond acceptors (Lipinski definition) is 2. The van der Waals surface area contributed by atoms with Gasteiger partial charge in [-0.2, -0.15) is 0 Å². The third-order valence-electron chi connectivity index (χ3n) is 4.08. The average Bonchev–Trinajstić information content (AvgIpc) is 2.89. The first-order chi connectivity index (χ1) is 8.25. The van der Waals surface area contributed by atoms with Crippen molar-refractivity contribution in [3.05, 3.63) is 35.4 Å². The highest BCUT2D eigenvalue weighted by Crippen LogP contribution is 2.36. The van der Waals surface area contributed by atoms with E-state index in [0.29, 0.717) is 6.10 Å². The zero-order valence-electron chi connectivity index (χ0n) is 10.3. The Hall–Kier alpha value is -0.860. The number of aryl methyl sites for hydroxylation is 1. The Labute approximate surface area is 103 Å². The summed E-state index contributed by atoms with van der Waals surface area (Å²) >= 11 is 0. The smallest absolute Gasteiger partial charge is 0.0825 e. The lowest BCUT2D eigenvalue weighted by molar-refractivity contribution is 0.112. The Kier molecular flexibility index (Phi) is 2.93. The molecule has 0 spiro atoms. The minimum atomic E-state index is 0.174. The Morgan fingerprint density at radius 1 is 1.24 bits per heavy atom. The molecule has 1 aliphatic carbocycles. The van der Waals surface area contributed by atoms with E-state index >= 15 is 0 Å². The normalized spacial score (nSPS) is 26.1. The third kappa shape index (κ3) is 2.70. The van der Waals surface area contributed by atoms with E-state index in [1.54, 1.807) is 0 Å². The van der Waals surface area contributed by atoms with Crippen molar-refractivity contribution in [2.75, 3.05) is 6.61 Å². The standard InChI is InChI=1S/C15H21NO/c16-15(9-10-15)8-7-12-3-5-13(6-4-12)14-2-1-11-17-14/h3-6,14H,1-2,7-11,16H2. The highest BCUT2D eigenvalue weighted by molar-refractivity contribution is 5.25. The maximum atomic E-state index is 6.10. The van der Waals surface area contributed by atoms with Gasteiger partial charge in [-0.25, -0.2) is 0 Å². The van der Waals surface area contributed by atoms with Gasteiger partial charge in [0.1, 0.15) is 0 Å². The summed E-state index contributed by atoms with van der Waals surface area (Å²) in [4.78, 5) is 0. The number of benzene rings is 1. The molecule has 0 aromatic heterocycles. The van der Waals surface area contributed by atoms with Gasteiger partial charge in [0.25, 0.3) is 0 Å². The first-order valence-electron chi connectivity index (χ1n) is 6.75. The number of rotatable bonds is 4. The minimum absolute atomic E-state index is 0.174. The van der Waals surface area contributed by atoms with Crippen LogP contribution in [0.4, 0.5) is 0 Å². The molecule has 2 fully saturated rings. The van der Waals surface area contributed by atoms with Crippen molar-refractivity contribution in [2.24, 2.45) is 5.73 Å². The molecule has 1 atom stereocenters. The molecule has 0 bridgehead atoms. The molecular weight excluding hydrogens is 210 g/mol. The van der Waals surface area contributed by atoms with Gasteiger partial charge in [-0.05, 0) is 49.7 Å². The fourth-order valence-electron chi connectivity index (χ4n) is 2.54. The summed E-state index contributed by atoms with van der Waals surface area (Å²) in [6, 6.07) is 8.92. The van der Waals surface area contributed by atoms with E-state index in [1.165, 1.54) is 36.8 Å². The zero-order chi connectivity index (χ0) is 11.7. The van der Waals surface area contributed by atoms with Gasteiger partial charge >= 0.3 is 0 Å². The summed E-state index contributed by atoms with van der Waals surface area (Å²) in [5.74, 6) is 0. The van der Waals surface area contributed by atoms with Crippen LogP contribution in [0.15, 0.2) is 24.3 Å². The molecule has 2 heteroatoms. The van der Waals surface area contributed by atoms with Gasteiger partial charge < -0.3 is 10.5 Å². The van der Waals surface area contributed by atoms with E-state index in [9.17, 15) is 0 Å². The molecule has 1 saturated carbocycles. The van der Waals surface area contributed by atoms with Crippen LogP contribution in [-0.2, 0) is 11.2 Å². The lowest BCUT2D eigenvalue weighted by atomic mass is 10.0. The van der Waals surface area contributed by atoms with Crippen LogP contribution in [0.5, 0.6) is 0 Å². The van der Waals surface area contributed by atoms with E-state index in [4.69, 9.17) is 10.5 Å². The maximum absolute atomic E-state index is 6.10. The molecule has 1 aromatic rings. The first-order valence-corrected chi connectivity index (χ1v) is 6.75. The Bertz CT molecular complexity index is 374. The SMILES string of the molecule is NC1(CCc2ccc(C3CCCO3)cc2)CC1. The molecule has 3 rings (SSSR count). The van der Waals surface area contributed by atoms with E-state index in [-0.39, 0.29) is 5.54 Å². The predicted molar refractivity (Wildman–Crippen MR) is 68.8 cm³/mol. The zero-order valence-corrected chi connectivity index (χ0v) is 10.3. The quantitative estimate of drug-likeness (QED) is 0.864. The molecule has 1 aliphatic heterocycles. The largest absolute Gasteiger partial charge is 0.374 e.